The number of amides is 1. The van der Waals surface area contributed by atoms with Gasteiger partial charge >= 0.3 is 12.1 Å². The predicted molar refractivity (Wildman–Crippen MR) is 76.6 cm³/mol. The molecule has 0 radical (unpaired) electrons. The Balaban J connectivity index is 2.85. The summed E-state index contributed by atoms with van der Waals surface area (Å²) in [6, 6.07) is 0. The van der Waals surface area contributed by atoms with Gasteiger partial charge < -0.3 is 15.2 Å². The molecule has 5 nitrogen and oxygen atoms in total. The van der Waals surface area contributed by atoms with Crippen LogP contribution in [0, 0.1) is 5.92 Å². The Morgan fingerprint density at radius 2 is 1.80 bits per heavy atom. The maximum absolute atomic E-state index is 12.0. The van der Waals surface area contributed by atoms with E-state index in [9.17, 15) is 14.7 Å². The van der Waals surface area contributed by atoms with Crippen molar-refractivity contribution in [1.82, 2.24) is 5.32 Å². The number of carbonyl (C=O) groups excluding carboxylic acids is 1. The highest BCUT2D eigenvalue weighted by Gasteiger charge is 2.42. The zero-order valence-electron chi connectivity index (χ0n) is 13.0. The van der Waals surface area contributed by atoms with Crippen LogP contribution in [0.3, 0.4) is 0 Å². The minimum Gasteiger partial charge on any atom is -0.481 e. The van der Waals surface area contributed by atoms with Gasteiger partial charge in [0.15, 0.2) is 0 Å². The Hall–Kier alpha value is -1.26. The summed E-state index contributed by atoms with van der Waals surface area (Å²) in [4.78, 5) is 23.3. The van der Waals surface area contributed by atoms with E-state index in [2.05, 4.69) is 5.32 Å². The van der Waals surface area contributed by atoms with Gasteiger partial charge in [0.25, 0.3) is 0 Å². The van der Waals surface area contributed by atoms with E-state index >= 15 is 0 Å². The third-order valence-electron chi connectivity index (χ3n) is 3.98. The highest BCUT2D eigenvalue weighted by atomic mass is 16.6. The van der Waals surface area contributed by atoms with Gasteiger partial charge in [-0.1, -0.05) is 19.8 Å². The number of alkyl carbamates (subject to hydrolysis) is 1. The van der Waals surface area contributed by atoms with Crippen LogP contribution < -0.4 is 5.32 Å². The van der Waals surface area contributed by atoms with E-state index in [1.165, 1.54) is 0 Å². The monoisotopic (exact) mass is 285 g/mol. The van der Waals surface area contributed by atoms with Gasteiger partial charge in [0, 0.05) is 0 Å². The van der Waals surface area contributed by atoms with Gasteiger partial charge in [-0.3, -0.25) is 4.79 Å². The normalized spacial score (nSPS) is 19.4. The zero-order valence-corrected chi connectivity index (χ0v) is 13.0. The van der Waals surface area contributed by atoms with Crippen molar-refractivity contribution in [2.75, 3.05) is 0 Å². The molecule has 1 rings (SSSR count). The van der Waals surface area contributed by atoms with Crippen molar-refractivity contribution in [3.8, 4) is 0 Å². The number of hydrogen-bond donors (Lipinski definition) is 2. The number of nitrogens with one attached hydrogen (secondary N) is 1. The van der Waals surface area contributed by atoms with Crippen LogP contribution in [0.2, 0.25) is 0 Å². The van der Waals surface area contributed by atoms with E-state index in [0.29, 0.717) is 6.42 Å². The molecule has 2 N–H and O–H groups in total. The molecule has 1 unspecified atom stereocenters. The summed E-state index contributed by atoms with van der Waals surface area (Å²) < 4.78 is 5.29. The fourth-order valence-electron chi connectivity index (χ4n) is 3.05. The lowest BCUT2D eigenvalue weighted by molar-refractivity contribution is -0.139. The van der Waals surface area contributed by atoms with Crippen LogP contribution in [0.5, 0.6) is 0 Å². The molecule has 0 aliphatic heterocycles. The van der Waals surface area contributed by atoms with E-state index in [0.717, 1.165) is 25.7 Å². The largest absolute Gasteiger partial charge is 0.481 e. The minimum absolute atomic E-state index is 0.0482. The molecule has 0 bridgehead atoms. The number of carboxylic acid groups (broad SMARTS) is 1. The molecule has 5 heteroatoms. The summed E-state index contributed by atoms with van der Waals surface area (Å²) in [5.41, 5.74) is -1.27. The lowest BCUT2D eigenvalue weighted by atomic mass is 9.78. The number of rotatable bonds is 5. The lowest BCUT2D eigenvalue weighted by Crippen LogP contribution is -2.55. The molecule has 1 aliphatic rings. The molecule has 0 saturated heterocycles. The Bertz CT molecular complexity index is 355. The van der Waals surface area contributed by atoms with Crippen molar-refractivity contribution in [2.24, 2.45) is 5.92 Å². The SMILES string of the molecule is CCC(CC(=O)O)(NC(=O)OC(C)(C)C)C1CCCC1. The predicted octanol–water partition coefficient (Wildman–Crippen LogP) is 3.32. The second kappa shape index (κ2) is 6.46. The van der Waals surface area contributed by atoms with Crippen LogP contribution in [0.1, 0.15) is 66.2 Å². The Morgan fingerprint density at radius 1 is 1.25 bits per heavy atom. The molecule has 0 aromatic carbocycles. The van der Waals surface area contributed by atoms with E-state index in [1.807, 2.05) is 6.92 Å². The van der Waals surface area contributed by atoms with E-state index in [4.69, 9.17) is 4.74 Å². The molecule has 1 atom stereocenters. The van der Waals surface area contributed by atoms with Crippen molar-refractivity contribution in [2.45, 2.75) is 77.4 Å². The molecule has 0 spiro atoms. The Labute approximate surface area is 121 Å². The van der Waals surface area contributed by atoms with Crippen LogP contribution in [0.15, 0.2) is 0 Å². The van der Waals surface area contributed by atoms with Gasteiger partial charge in [-0.25, -0.2) is 4.79 Å². The second-order valence-corrected chi connectivity index (χ2v) is 6.69. The van der Waals surface area contributed by atoms with Gasteiger partial charge in [0.2, 0.25) is 0 Å². The van der Waals surface area contributed by atoms with Gasteiger partial charge in [-0.15, -0.1) is 0 Å². The van der Waals surface area contributed by atoms with Crippen molar-refractivity contribution >= 4 is 12.1 Å². The third kappa shape index (κ3) is 4.69. The molecular weight excluding hydrogens is 258 g/mol. The highest BCUT2D eigenvalue weighted by Crippen LogP contribution is 2.38. The van der Waals surface area contributed by atoms with E-state index < -0.39 is 23.2 Å². The minimum atomic E-state index is -0.880. The van der Waals surface area contributed by atoms with Crippen molar-refractivity contribution in [1.29, 1.82) is 0 Å². The van der Waals surface area contributed by atoms with Crippen LogP contribution in [-0.2, 0) is 9.53 Å². The average molecular weight is 285 g/mol. The van der Waals surface area contributed by atoms with Crippen LogP contribution in [-0.4, -0.2) is 28.3 Å². The maximum atomic E-state index is 12.0. The summed E-state index contributed by atoms with van der Waals surface area (Å²) in [7, 11) is 0. The van der Waals surface area contributed by atoms with Crippen molar-refractivity contribution < 1.29 is 19.4 Å². The molecule has 116 valence electrons. The van der Waals surface area contributed by atoms with Gasteiger partial charge in [-0.2, -0.15) is 0 Å². The fraction of sp³-hybridized carbons (Fsp3) is 0.867. The smallest absolute Gasteiger partial charge is 0.408 e. The summed E-state index contributed by atoms with van der Waals surface area (Å²) >= 11 is 0. The molecule has 1 fully saturated rings. The van der Waals surface area contributed by atoms with Crippen molar-refractivity contribution in [3.63, 3.8) is 0 Å². The van der Waals surface area contributed by atoms with Gasteiger partial charge in [0.05, 0.1) is 12.0 Å². The molecule has 0 heterocycles. The summed E-state index contributed by atoms with van der Waals surface area (Å²) in [6.07, 6.45) is 4.17. The summed E-state index contributed by atoms with van der Waals surface area (Å²) in [5.74, 6) is -0.661. The van der Waals surface area contributed by atoms with Crippen molar-refractivity contribution in [3.05, 3.63) is 0 Å². The first kappa shape index (κ1) is 16.8. The molecule has 0 aromatic heterocycles. The number of aliphatic carboxylic acids is 1. The van der Waals surface area contributed by atoms with Gasteiger partial charge in [0.1, 0.15) is 5.60 Å². The fourth-order valence-corrected chi connectivity index (χ4v) is 3.05. The first-order valence-corrected chi connectivity index (χ1v) is 7.41. The first-order chi connectivity index (χ1) is 9.18. The Morgan fingerprint density at radius 3 is 2.20 bits per heavy atom. The summed E-state index contributed by atoms with van der Waals surface area (Å²) in [5, 5.41) is 12.1. The molecule has 1 aliphatic carbocycles. The highest BCUT2D eigenvalue weighted by molar-refractivity contribution is 5.73. The Kier molecular flexibility index (Phi) is 5.42. The quantitative estimate of drug-likeness (QED) is 0.812. The van der Waals surface area contributed by atoms with Crippen LogP contribution in [0.4, 0.5) is 4.79 Å². The molecule has 0 aromatic rings. The van der Waals surface area contributed by atoms with Crippen LogP contribution in [0.25, 0.3) is 0 Å². The average Bonchev–Trinajstić information content (AvgIpc) is 2.78. The molecule has 20 heavy (non-hydrogen) atoms. The standard InChI is InChI=1S/C15H27NO4/c1-5-15(10-12(17)18,11-8-6-7-9-11)16-13(19)20-14(2,3)4/h11H,5-10H2,1-4H3,(H,16,19)(H,17,18). The van der Waals surface area contributed by atoms with Crippen LogP contribution >= 0.6 is 0 Å². The third-order valence-corrected chi connectivity index (χ3v) is 3.98. The number of ether oxygens (including phenoxy) is 1. The van der Waals surface area contributed by atoms with E-state index in [-0.39, 0.29) is 12.3 Å². The topological polar surface area (TPSA) is 75.6 Å². The number of carbonyl (C=O) groups is 2. The number of carboxylic acids is 1. The first-order valence-electron chi connectivity index (χ1n) is 7.41. The zero-order chi connectivity index (χ0) is 15.4. The maximum Gasteiger partial charge on any atom is 0.408 e. The molecule has 1 amide bonds. The lowest BCUT2D eigenvalue weighted by Gasteiger charge is -2.38. The van der Waals surface area contributed by atoms with E-state index in [1.54, 1.807) is 20.8 Å². The second-order valence-electron chi connectivity index (χ2n) is 6.69. The van der Waals surface area contributed by atoms with Gasteiger partial charge in [-0.05, 0) is 46.0 Å². The molecular formula is C15H27NO4. The number of hydrogen-bond acceptors (Lipinski definition) is 3. The molecule has 1 saturated carbocycles. The summed E-state index contributed by atoms with van der Waals surface area (Å²) in [6.45, 7) is 7.32.